The highest BCUT2D eigenvalue weighted by Gasteiger charge is 2.22. The van der Waals surface area contributed by atoms with Crippen LogP contribution in [-0.2, 0) is 9.47 Å². The van der Waals surface area contributed by atoms with E-state index in [1.165, 1.54) is 11.1 Å². The Labute approximate surface area is 224 Å². The molecule has 0 atom stereocenters. The summed E-state index contributed by atoms with van der Waals surface area (Å²) in [7, 11) is 4.17. The van der Waals surface area contributed by atoms with Crippen molar-refractivity contribution in [3.63, 3.8) is 0 Å². The van der Waals surface area contributed by atoms with Crippen LogP contribution in [0.15, 0.2) is 36.4 Å². The second-order valence-corrected chi connectivity index (χ2v) is 10.9. The Kier molecular flexibility index (Phi) is 10.9. The molecule has 0 saturated carbocycles. The average molecular weight is 514 g/mol. The summed E-state index contributed by atoms with van der Waals surface area (Å²) >= 11 is 0. The summed E-state index contributed by atoms with van der Waals surface area (Å²) in [5.41, 5.74) is 4.53. The van der Waals surface area contributed by atoms with E-state index in [0.717, 1.165) is 49.1 Å². The summed E-state index contributed by atoms with van der Waals surface area (Å²) in [5, 5.41) is 0. The molecule has 2 aromatic carbocycles. The van der Waals surface area contributed by atoms with Crippen molar-refractivity contribution in [2.75, 3.05) is 89.7 Å². The quantitative estimate of drug-likeness (QED) is 0.502. The fourth-order valence-electron chi connectivity index (χ4n) is 4.38. The molecule has 0 fully saturated rings. The van der Waals surface area contributed by atoms with Crippen molar-refractivity contribution in [3.05, 3.63) is 47.5 Å². The third-order valence-electron chi connectivity index (χ3n) is 6.75. The molecule has 0 N–H and O–H groups in total. The van der Waals surface area contributed by atoms with Crippen molar-refractivity contribution in [2.45, 2.75) is 40.2 Å². The molecule has 1 heterocycles. The van der Waals surface area contributed by atoms with Gasteiger partial charge in [0.15, 0.2) is 0 Å². The highest BCUT2D eigenvalue weighted by atomic mass is 16.5. The monoisotopic (exact) mass is 513 g/mol. The van der Waals surface area contributed by atoms with Gasteiger partial charge in [0, 0.05) is 45.8 Å². The van der Waals surface area contributed by atoms with Crippen LogP contribution in [0, 0.1) is 13.8 Å². The number of hydrogen-bond donors (Lipinski definition) is 0. The molecule has 0 aliphatic carbocycles. The molecule has 0 radical (unpaired) electrons. The van der Waals surface area contributed by atoms with Gasteiger partial charge in [-0.25, -0.2) is 0 Å². The second-order valence-electron chi connectivity index (χ2n) is 10.9. The van der Waals surface area contributed by atoms with E-state index in [1.807, 2.05) is 0 Å². The maximum atomic E-state index is 6.36. The Morgan fingerprint density at radius 3 is 1.43 bits per heavy atom. The molecule has 7 nitrogen and oxygen atoms in total. The standard InChI is InChI=1S/C30H47N3O4/c1-24-8-10-26-28(22-24)36-18-14-33(30(3,4)5)15-19-37-29-23-25(2)9-11-27(29)32(7)13-17-35-21-20-34-16-12-31(26)6/h8-11,22-23H,12-21H2,1-7H3. The van der Waals surface area contributed by atoms with Crippen LogP contribution in [0.2, 0.25) is 0 Å². The number of aryl methyl sites for hydroxylation is 2. The van der Waals surface area contributed by atoms with Crippen LogP contribution >= 0.6 is 0 Å². The van der Waals surface area contributed by atoms with Gasteiger partial charge in [0.25, 0.3) is 0 Å². The van der Waals surface area contributed by atoms with Gasteiger partial charge in [-0.3, -0.25) is 4.90 Å². The van der Waals surface area contributed by atoms with Gasteiger partial charge in [0.1, 0.15) is 24.7 Å². The van der Waals surface area contributed by atoms with Gasteiger partial charge in [-0.15, -0.1) is 0 Å². The smallest absolute Gasteiger partial charge is 0.142 e. The van der Waals surface area contributed by atoms with Crippen LogP contribution in [0.3, 0.4) is 0 Å². The SMILES string of the molecule is Cc1ccc2c(c1)OCCN(C(C)(C)C)CCOc1cc(C)ccc1N(C)CCOCCOCCN2C. The van der Waals surface area contributed by atoms with Crippen molar-refractivity contribution >= 4 is 11.4 Å². The van der Waals surface area contributed by atoms with Gasteiger partial charge in [0.2, 0.25) is 0 Å². The van der Waals surface area contributed by atoms with Crippen LogP contribution in [0.4, 0.5) is 11.4 Å². The third kappa shape index (κ3) is 9.09. The lowest BCUT2D eigenvalue weighted by atomic mass is 10.1. The van der Waals surface area contributed by atoms with E-state index < -0.39 is 0 Å². The minimum absolute atomic E-state index is 0.00486. The van der Waals surface area contributed by atoms with E-state index in [2.05, 4.69) is 99.8 Å². The van der Waals surface area contributed by atoms with E-state index in [-0.39, 0.29) is 5.54 Å². The number of ether oxygens (including phenoxy) is 4. The van der Waals surface area contributed by atoms with Crippen molar-refractivity contribution in [2.24, 2.45) is 0 Å². The van der Waals surface area contributed by atoms with E-state index in [9.17, 15) is 0 Å². The maximum absolute atomic E-state index is 6.36. The summed E-state index contributed by atoms with van der Waals surface area (Å²) in [6.07, 6.45) is 0. The third-order valence-corrected chi connectivity index (χ3v) is 6.75. The normalized spacial score (nSPS) is 18.1. The second kappa shape index (κ2) is 13.9. The fourth-order valence-corrected chi connectivity index (χ4v) is 4.38. The van der Waals surface area contributed by atoms with E-state index in [0.29, 0.717) is 39.6 Å². The van der Waals surface area contributed by atoms with Crippen molar-refractivity contribution in [1.29, 1.82) is 0 Å². The first-order chi connectivity index (χ1) is 17.6. The van der Waals surface area contributed by atoms with Crippen LogP contribution in [0.25, 0.3) is 0 Å². The van der Waals surface area contributed by atoms with Gasteiger partial charge >= 0.3 is 0 Å². The molecule has 2 aromatic rings. The van der Waals surface area contributed by atoms with Crippen LogP contribution < -0.4 is 19.3 Å². The molecule has 0 saturated heterocycles. The number of hydrogen-bond acceptors (Lipinski definition) is 7. The molecule has 0 unspecified atom stereocenters. The number of fused-ring (bicyclic) bond motifs is 2. The van der Waals surface area contributed by atoms with Gasteiger partial charge in [0.05, 0.1) is 37.8 Å². The Hall–Kier alpha value is -2.48. The minimum atomic E-state index is -0.00486. The van der Waals surface area contributed by atoms with Crippen molar-refractivity contribution in [1.82, 2.24) is 4.90 Å². The highest BCUT2D eigenvalue weighted by Crippen LogP contribution is 2.30. The van der Waals surface area contributed by atoms with Crippen LogP contribution in [-0.4, -0.2) is 90.4 Å². The highest BCUT2D eigenvalue weighted by molar-refractivity contribution is 5.60. The molecule has 0 amide bonds. The van der Waals surface area contributed by atoms with E-state index >= 15 is 0 Å². The molecule has 206 valence electrons. The van der Waals surface area contributed by atoms with Gasteiger partial charge in [-0.1, -0.05) is 12.1 Å². The van der Waals surface area contributed by atoms with Crippen molar-refractivity contribution < 1.29 is 18.9 Å². The first-order valence-electron chi connectivity index (χ1n) is 13.4. The van der Waals surface area contributed by atoms with Gasteiger partial charge < -0.3 is 28.7 Å². The average Bonchev–Trinajstić information content (AvgIpc) is 2.83. The van der Waals surface area contributed by atoms with Gasteiger partial charge in [-0.05, 0) is 70.0 Å². The van der Waals surface area contributed by atoms with E-state index in [4.69, 9.17) is 18.9 Å². The van der Waals surface area contributed by atoms with Crippen LogP contribution in [0.1, 0.15) is 31.9 Å². The Bertz CT molecular complexity index is 904. The summed E-state index contributed by atoms with van der Waals surface area (Å²) < 4.78 is 24.4. The topological polar surface area (TPSA) is 46.6 Å². The zero-order chi connectivity index (χ0) is 26.8. The minimum Gasteiger partial charge on any atom is -0.490 e. The zero-order valence-electron chi connectivity index (χ0n) is 24.0. The molecule has 0 bridgehead atoms. The molecular formula is C30H47N3O4. The lowest BCUT2D eigenvalue weighted by molar-refractivity contribution is 0.0533. The van der Waals surface area contributed by atoms with Crippen LogP contribution in [0.5, 0.6) is 11.5 Å². The Balaban J connectivity index is 1.76. The van der Waals surface area contributed by atoms with E-state index in [1.54, 1.807) is 0 Å². The van der Waals surface area contributed by atoms with Gasteiger partial charge in [-0.2, -0.15) is 0 Å². The number of benzene rings is 2. The predicted molar refractivity (Wildman–Crippen MR) is 153 cm³/mol. The largest absolute Gasteiger partial charge is 0.490 e. The number of rotatable bonds is 0. The first kappa shape index (κ1) is 29.1. The summed E-state index contributed by atoms with van der Waals surface area (Å²) in [5.74, 6) is 1.82. The number of likely N-dealkylation sites (N-methyl/N-ethyl adjacent to an activating group) is 2. The maximum Gasteiger partial charge on any atom is 0.142 e. The number of anilines is 2. The lowest BCUT2D eigenvalue weighted by Crippen LogP contribution is -2.45. The molecule has 1 aliphatic heterocycles. The summed E-state index contributed by atoms with van der Waals surface area (Å²) in [6, 6.07) is 12.8. The summed E-state index contributed by atoms with van der Waals surface area (Å²) in [6.45, 7) is 17.7. The number of nitrogens with zero attached hydrogens (tertiary/aromatic N) is 3. The fraction of sp³-hybridized carbons (Fsp3) is 0.600. The molecule has 37 heavy (non-hydrogen) atoms. The Morgan fingerprint density at radius 1 is 0.595 bits per heavy atom. The zero-order valence-corrected chi connectivity index (χ0v) is 24.0. The molecule has 0 spiro atoms. The summed E-state index contributed by atoms with van der Waals surface area (Å²) in [4.78, 5) is 6.82. The first-order valence-corrected chi connectivity index (χ1v) is 13.4. The molecule has 0 aromatic heterocycles. The Morgan fingerprint density at radius 2 is 1.03 bits per heavy atom. The molecule has 3 rings (SSSR count). The van der Waals surface area contributed by atoms with Crippen molar-refractivity contribution in [3.8, 4) is 11.5 Å². The lowest BCUT2D eigenvalue weighted by Gasteiger charge is -2.35. The molecule has 7 heteroatoms. The molecule has 1 aliphatic rings. The predicted octanol–water partition coefficient (Wildman–Crippen LogP) is 4.78. The molecular weight excluding hydrogens is 466 g/mol.